The molecule has 0 spiro atoms. The number of fused-ring (bicyclic) bond motifs is 1. The molecule has 176 valence electrons. The van der Waals surface area contributed by atoms with Gasteiger partial charge in [-0.1, -0.05) is 61.8 Å². The van der Waals surface area contributed by atoms with E-state index in [1.165, 1.54) is 11.1 Å². The molecular formula is C28H30ClN3O2. The number of imidazole rings is 1. The van der Waals surface area contributed by atoms with Crippen LogP contribution in [0.5, 0.6) is 5.75 Å². The van der Waals surface area contributed by atoms with E-state index in [-0.39, 0.29) is 5.91 Å². The van der Waals surface area contributed by atoms with Crippen LogP contribution in [0, 0.1) is 6.92 Å². The van der Waals surface area contributed by atoms with Crippen molar-refractivity contribution in [2.45, 2.75) is 46.2 Å². The summed E-state index contributed by atoms with van der Waals surface area (Å²) in [6.07, 6.45) is 0.817. The van der Waals surface area contributed by atoms with Crippen LogP contribution >= 0.6 is 11.6 Å². The van der Waals surface area contributed by atoms with Gasteiger partial charge in [-0.25, -0.2) is 4.98 Å². The first-order chi connectivity index (χ1) is 16.4. The number of amides is 1. The van der Waals surface area contributed by atoms with Gasteiger partial charge in [-0.15, -0.1) is 0 Å². The van der Waals surface area contributed by atoms with Gasteiger partial charge in [0.15, 0.2) is 0 Å². The number of halogens is 1. The van der Waals surface area contributed by atoms with Crippen LogP contribution in [-0.4, -0.2) is 22.1 Å². The van der Waals surface area contributed by atoms with E-state index in [9.17, 15) is 4.79 Å². The number of aryl methyl sites for hydroxylation is 2. The van der Waals surface area contributed by atoms with E-state index in [4.69, 9.17) is 21.3 Å². The lowest BCUT2D eigenvalue weighted by Gasteiger charge is -2.15. The van der Waals surface area contributed by atoms with E-state index in [1.54, 1.807) is 18.2 Å². The van der Waals surface area contributed by atoms with Gasteiger partial charge in [-0.05, 0) is 60.7 Å². The molecule has 0 aliphatic rings. The minimum absolute atomic E-state index is 0.215. The van der Waals surface area contributed by atoms with Crippen LogP contribution in [0.3, 0.4) is 0 Å². The van der Waals surface area contributed by atoms with Gasteiger partial charge >= 0.3 is 0 Å². The number of hydrogen-bond donors (Lipinski definition) is 1. The summed E-state index contributed by atoms with van der Waals surface area (Å²) in [5.41, 5.74) is 4.83. The molecule has 1 amide bonds. The largest absolute Gasteiger partial charge is 0.493 e. The van der Waals surface area contributed by atoms with Crippen molar-refractivity contribution in [1.29, 1.82) is 0 Å². The number of carbonyl (C=O) groups is 1. The minimum Gasteiger partial charge on any atom is -0.493 e. The molecular weight excluding hydrogens is 446 g/mol. The van der Waals surface area contributed by atoms with Crippen molar-refractivity contribution in [2.75, 3.05) is 6.61 Å². The molecule has 0 radical (unpaired) electrons. The van der Waals surface area contributed by atoms with Crippen LogP contribution in [0.25, 0.3) is 11.0 Å². The molecule has 0 bridgehead atoms. The topological polar surface area (TPSA) is 56.1 Å². The van der Waals surface area contributed by atoms with Crippen LogP contribution in [0.1, 0.15) is 53.5 Å². The van der Waals surface area contributed by atoms with Crippen molar-refractivity contribution in [3.8, 4) is 5.75 Å². The minimum atomic E-state index is -0.215. The summed E-state index contributed by atoms with van der Waals surface area (Å²) >= 11 is 6.18. The number of benzene rings is 3. The summed E-state index contributed by atoms with van der Waals surface area (Å²) in [6.45, 7) is 8.09. The normalized spacial score (nSPS) is 11.2. The monoisotopic (exact) mass is 475 g/mol. The highest BCUT2D eigenvalue weighted by atomic mass is 35.5. The number of hydrogen-bond acceptors (Lipinski definition) is 3. The highest BCUT2D eigenvalue weighted by Crippen LogP contribution is 2.27. The second kappa shape index (κ2) is 10.7. The fourth-order valence-electron chi connectivity index (χ4n) is 4.06. The van der Waals surface area contributed by atoms with E-state index < -0.39 is 0 Å². The van der Waals surface area contributed by atoms with Crippen molar-refractivity contribution in [3.63, 3.8) is 0 Å². The SMILES string of the molecule is Cc1ccc(C(C)C)c(OCCCn2c(CNC(=O)c3ccccc3Cl)nc3ccccc32)c1. The number of nitrogens with zero attached hydrogens (tertiary/aromatic N) is 2. The first-order valence-corrected chi connectivity index (χ1v) is 12.0. The Kier molecular flexibility index (Phi) is 7.53. The van der Waals surface area contributed by atoms with Gasteiger partial charge < -0.3 is 14.6 Å². The first kappa shape index (κ1) is 23.8. The number of nitrogens with one attached hydrogen (secondary N) is 1. The molecule has 4 aromatic rings. The zero-order chi connectivity index (χ0) is 24.1. The summed E-state index contributed by atoms with van der Waals surface area (Å²) in [5, 5.41) is 3.39. The van der Waals surface area contributed by atoms with Gasteiger partial charge in [0.1, 0.15) is 11.6 Å². The van der Waals surface area contributed by atoms with E-state index in [1.807, 2.05) is 24.3 Å². The second-order valence-electron chi connectivity index (χ2n) is 8.73. The third-order valence-corrected chi connectivity index (χ3v) is 6.16. The van der Waals surface area contributed by atoms with Gasteiger partial charge in [-0.3, -0.25) is 4.79 Å². The van der Waals surface area contributed by atoms with E-state index >= 15 is 0 Å². The molecule has 5 nitrogen and oxygen atoms in total. The Morgan fingerprint density at radius 1 is 1.09 bits per heavy atom. The Morgan fingerprint density at radius 2 is 1.85 bits per heavy atom. The predicted molar refractivity (Wildman–Crippen MR) is 138 cm³/mol. The fourth-order valence-corrected chi connectivity index (χ4v) is 4.28. The summed E-state index contributed by atoms with van der Waals surface area (Å²) in [6, 6.07) is 21.4. The molecule has 0 fully saturated rings. The maximum Gasteiger partial charge on any atom is 0.253 e. The third-order valence-electron chi connectivity index (χ3n) is 5.83. The lowest BCUT2D eigenvalue weighted by Crippen LogP contribution is -2.25. The van der Waals surface area contributed by atoms with Gasteiger partial charge in [0.25, 0.3) is 5.91 Å². The van der Waals surface area contributed by atoms with Crippen molar-refractivity contribution in [3.05, 3.63) is 94.3 Å². The Morgan fingerprint density at radius 3 is 2.65 bits per heavy atom. The van der Waals surface area contributed by atoms with E-state index in [2.05, 4.69) is 54.9 Å². The van der Waals surface area contributed by atoms with Crippen LogP contribution in [-0.2, 0) is 13.1 Å². The Hall–Kier alpha value is -3.31. The van der Waals surface area contributed by atoms with Crippen molar-refractivity contribution in [2.24, 2.45) is 0 Å². The van der Waals surface area contributed by atoms with Crippen LogP contribution in [0.15, 0.2) is 66.7 Å². The molecule has 1 aromatic heterocycles. The smallest absolute Gasteiger partial charge is 0.253 e. The van der Waals surface area contributed by atoms with Crippen molar-refractivity contribution >= 4 is 28.5 Å². The lowest BCUT2D eigenvalue weighted by atomic mass is 10.0. The van der Waals surface area contributed by atoms with Crippen LogP contribution < -0.4 is 10.1 Å². The molecule has 1 N–H and O–H groups in total. The van der Waals surface area contributed by atoms with E-state index in [0.29, 0.717) is 29.7 Å². The van der Waals surface area contributed by atoms with E-state index in [0.717, 1.165) is 35.6 Å². The van der Waals surface area contributed by atoms with Gasteiger partial charge in [-0.2, -0.15) is 0 Å². The van der Waals surface area contributed by atoms with Crippen molar-refractivity contribution in [1.82, 2.24) is 14.9 Å². The molecule has 1 heterocycles. The van der Waals surface area contributed by atoms with Crippen molar-refractivity contribution < 1.29 is 9.53 Å². The average Bonchev–Trinajstić information content (AvgIpc) is 3.18. The lowest BCUT2D eigenvalue weighted by molar-refractivity contribution is 0.0949. The summed E-state index contributed by atoms with van der Waals surface area (Å²) in [5.74, 6) is 1.95. The Balaban J connectivity index is 1.45. The molecule has 0 aliphatic heterocycles. The molecule has 6 heteroatoms. The quantitative estimate of drug-likeness (QED) is 0.280. The molecule has 4 rings (SSSR count). The zero-order valence-corrected chi connectivity index (χ0v) is 20.6. The molecule has 34 heavy (non-hydrogen) atoms. The number of carbonyl (C=O) groups excluding carboxylic acids is 1. The maximum absolute atomic E-state index is 12.6. The molecule has 0 aliphatic carbocycles. The number of ether oxygens (including phenoxy) is 1. The molecule has 3 aromatic carbocycles. The molecule has 0 saturated heterocycles. The van der Waals surface area contributed by atoms with Gasteiger partial charge in [0.05, 0.1) is 34.8 Å². The molecule has 0 saturated carbocycles. The second-order valence-corrected chi connectivity index (χ2v) is 9.14. The highest BCUT2D eigenvalue weighted by Gasteiger charge is 2.14. The van der Waals surface area contributed by atoms with Crippen LogP contribution in [0.4, 0.5) is 0 Å². The zero-order valence-electron chi connectivity index (χ0n) is 19.8. The Labute approximate surface area is 205 Å². The molecule has 0 unspecified atom stereocenters. The summed E-state index contributed by atoms with van der Waals surface area (Å²) in [7, 11) is 0. The Bertz CT molecular complexity index is 1300. The summed E-state index contributed by atoms with van der Waals surface area (Å²) < 4.78 is 8.34. The standard InChI is InChI=1S/C28H30ClN3O2/c1-19(2)21-14-13-20(3)17-26(21)34-16-8-15-32-25-12-7-6-11-24(25)31-27(32)18-30-28(33)22-9-4-5-10-23(22)29/h4-7,9-14,17,19H,8,15-16,18H2,1-3H3,(H,30,33). The molecule has 0 atom stereocenters. The van der Waals surface area contributed by atoms with Gasteiger partial charge in [0.2, 0.25) is 0 Å². The van der Waals surface area contributed by atoms with Crippen LogP contribution in [0.2, 0.25) is 5.02 Å². The number of aromatic nitrogens is 2. The number of para-hydroxylation sites is 2. The number of rotatable bonds is 9. The third kappa shape index (κ3) is 5.42. The fraction of sp³-hybridized carbons (Fsp3) is 0.286. The predicted octanol–water partition coefficient (Wildman–Crippen LogP) is 6.52. The first-order valence-electron chi connectivity index (χ1n) is 11.6. The maximum atomic E-state index is 12.6. The van der Waals surface area contributed by atoms with Gasteiger partial charge in [0, 0.05) is 6.54 Å². The average molecular weight is 476 g/mol. The highest BCUT2D eigenvalue weighted by molar-refractivity contribution is 6.33. The summed E-state index contributed by atoms with van der Waals surface area (Å²) in [4.78, 5) is 17.4.